The van der Waals surface area contributed by atoms with Crippen molar-refractivity contribution in [1.29, 1.82) is 0 Å². The first-order valence-corrected chi connectivity index (χ1v) is 9.55. The summed E-state index contributed by atoms with van der Waals surface area (Å²) < 4.78 is 5.28. The van der Waals surface area contributed by atoms with E-state index in [1.807, 2.05) is 38.1 Å². The fourth-order valence-corrected chi connectivity index (χ4v) is 3.49. The Kier molecular flexibility index (Phi) is 5.12. The summed E-state index contributed by atoms with van der Waals surface area (Å²) in [6, 6.07) is 14.9. The van der Waals surface area contributed by atoms with Crippen LogP contribution in [0.1, 0.15) is 45.5 Å². The summed E-state index contributed by atoms with van der Waals surface area (Å²) in [4.78, 5) is 30.9. The molecule has 1 unspecified atom stereocenters. The van der Waals surface area contributed by atoms with Crippen LogP contribution in [0.25, 0.3) is 0 Å². The van der Waals surface area contributed by atoms with Gasteiger partial charge in [-0.3, -0.25) is 9.59 Å². The number of carbonyl (C=O) groups excluding carboxylic acids is 2. The Labute approximate surface area is 168 Å². The van der Waals surface area contributed by atoms with Crippen molar-refractivity contribution in [3.63, 3.8) is 0 Å². The van der Waals surface area contributed by atoms with Crippen molar-refractivity contribution in [2.24, 2.45) is 0 Å². The Morgan fingerprint density at radius 1 is 1.17 bits per heavy atom. The molecule has 2 heterocycles. The fraction of sp³-hybridized carbons (Fsp3) is 0.273. The number of hydrogen-bond acceptors (Lipinski definition) is 5. The molecule has 0 saturated carbocycles. The average Bonchev–Trinajstić information content (AvgIpc) is 3.35. The molecule has 0 spiro atoms. The predicted molar refractivity (Wildman–Crippen MR) is 108 cm³/mol. The molecule has 4 rings (SSSR count). The van der Waals surface area contributed by atoms with Crippen LogP contribution in [0.5, 0.6) is 0 Å². The summed E-state index contributed by atoms with van der Waals surface area (Å²) in [5.41, 5.74) is 3.74. The zero-order valence-corrected chi connectivity index (χ0v) is 16.4. The smallest absolute Gasteiger partial charge is 0.251 e. The zero-order valence-electron chi connectivity index (χ0n) is 16.4. The van der Waals surface area contributed by atoms with Gasteiger partial charge in [-0.25, -0.2) is 0 Å². The number of rotatable bonds is 5. The average molecular weight is 390 g/mol. The molecule has 1 aliphatic heterocycles. The van der Waals surface area contributed by atoms with E-state index in [9.17, 15) is 9.59 Å². The molecule has 1 saturated heterocycles. The highest BCUT2D eigenvalue weighted by Crippen LogP contribution is 2.33. The van der Waals surface area contributed by atoms with Gasteiger partial charge < -0.3 is 14.7 Å². The summed E-state index contributed by atoms with van der Waals surface area (Å²) in [6.45, 7) is 4.71. The van der Waals surface area contributed by atoms with Crippen LogP contribution in [0.3, 0.4) is 0 Å². The molecule has 148 valence electrons. The van der Waals surface area contributed by atoms with Crippen molar-refractivity contribution in [1.82, 2.24) is 15.5 Å². The number of aryl methyl sites for hydroxylation is 1. The molecule has 29 heavy (non-hydrogen) atoms. The van der Waals surface area contributed by atoms with Crippen molar-refractivity contribution in [2.75, 3.05) is 11.4 Å². The topological polar surface area (TPSA) is 88.3 Å². The van der Waals surface area contributed by atoms with Gasteiger partial charge in [0.2, 0.25) is 11.8 Å². The Morgan fingerprint density at radius 3 is 2.76 bits per heavy atom. The first-order valence-electron chi connectivity index (χ1n) is 9.55. The van der Waals surface area contributed by atoms with Gasteiger partial charge in [-0.15, -0.1) is 0 Å². The second kappa shape index (κ2) is 7.87. The lowest BCUT2D eigenvalue weighted by atomic mass is 10.1. The second-order valence-electron chi connectivity index (χ2n) is 7.22. The van der Waals surface area contributed by atoms with Crippen LogP contribution in [0.4, 0.5) is 5.69 Å². The molecule has 1 aliphatic rings. The van der Waals surface area contributed by atoms with E-state index in [1.54, 1.807) is 29.2 Å². The van der Waals surface area contributed by atoms with Gasteiger partial charge in [0.15, 0.2) is 5.82 Å². The number of amides is 2. The van der Waals surface area contributed by atoms with Crippen molar-refractivity contribution >= 4 is 17.5 Å². The molecule has 1 N–H and O–H groups in total. The van der Waals surface area contributed by atoms with Gasteiger partial charge in [-0.2, -0.15) is 4.98 Å². The lowest BCUT2D eigenvalue weighted by molar-refractivity contribution is -0.117. The maximum Gasteiger partial charge on any atom is 0.251 e. The Morgan fingerprint density at radius 2 is 1.97 bits per heavy atom. The SMILES string of the molecule is Cc1cccc(N2CC(c3noc(CNC(=O)c4ccccc4)n3)CC2=O)c1C. The van der Waals surface area contributed by atoms with E-state index in [2.05, 4.69) is 15.5 Å². The maximum atomic E-state index is 12.6. The number of nitrogens with one attached hydrogen (secondary N) is 1. The van der Waals surface area contributed by atoms with Crippen LogP contribution < -0.4 is 10.2 Å². The lowest BCUT2D eigenvalue weighted by Crippen LogP contribution is -2.25. The first-order chi connectivity index (χ1) is 14.0. The highest BCUT2D eigenvalue weighted by molar-refractivity contribution is 5.97. The third-order valence-corrected chi connectivity index (χ3v) is 5.28. The minimum absolute atomic E-state index is 0.0485. The summed E-state index contributed by atoms with van der Waals surface area (Å²) in [7, 11) is 0. The van der Waals surface area contributed by atoms with Crippen LogP contribution in [-0.4, -0.2) is 28.5 Å². The van der Waals surface area contributed by atoms with Crippen LogP contribution in [0, 0.1) is 13.8 Å². The van der Waals surface area contributed by atoms with Crippen molar-refractivity contribution in [3.8, 4) is 0 Å². The summed E-state index contributed by atoms with van der Waals surface area (Å²) in [5, 5.41) is 6.80. The van der Waals surface area contributed by atoms with Gasteiger partial charge in [-0.05, 0) is 43.2 Å². The third kappa shape index (κ3) is 3.89. The molecule has 0 radical (unpaired) electrons. The number of carbonyl (C=O) groups is 2. The van der Waals surface area contributed by atoms with E-state index < -0.39 is 0 Å². The molecule has 0 aliphatic carbocycles. The second-order valence-corrected chi connectivity index (χ2v) is 7.22. The van der Waals surface area contributed by atoms with Gasteiger partial charge in [0.05, 0.1) is 6.54 Å². The van der Waals surface area contributed by atoms with Crippen LogP contribution in [0.2, 0.25) is 0 Å². The number of benzene rings is 2. The summed E-state index contributed by atoms with van der Waals surface area (Å²) >= 11 is 0. The zero-order chi connectivity index (χ0) is 20.4. The van der Waals surface area contributed by atoms with E-state index in [4.69, 9.17) is 4.52 Å². The quantitative estimate of drug-likeness (QED) is 0.723. The molecule has 1 aromatic heterocycles. The van der Waals surface area contributed by atoms with E-state index in [1.165, 1.54) is 0 Å². The predicted octanol–water partition coefficient (Wildman–Crippen LogP) is 3.14. The molecule has 1 fully saturated rings. The minimum atomic E-state index is -0.206. The molecule has 7 nitrogen and oxygen atoms in total. The fourth-order valence-electron chi connectivity index (χ4n) is 3.49. The minimum Gasteiger partial charge on any atom is -0.343 e. The van der Waals surface area contributed by atoms with Crippen LogP contribution in [0.15, 0.2) is 53.1 Å². The Balaban J connectivity index is 1.41. The molecule has 3 aromatic rings. The van der Waals surface area contributed by atoms with Crippen LogP contribution in [-0.2, 0) is 11.3 Å². The van der Waals surface area contributed by atoms with Gasteiger partial charge in [0.1, 0.15) is 0 Å². The van der Waals surface area contributed by atoms with Crippen molar-refractivity contribution in [3.05, 3.63) is 76.9 Å². The van der Waals surface area contributed by atoms with E-state index in [0.29, 0.717) is 30.2 Å². The summed E-state index contributed by atoms with van der Waals surface area (Å²) in [5.74, 6) is 0.525. The van der Waals surface area contributed by atoms with Crippen LogP contribution >= 0.6 is 0 Å². The third-order valence-electron chi connectivity index (χ3n) is 5.28. The number of aromatic nitrogens is 2. The highest BCUT2D eigenvalue weighted by atomic mass is 16.5. The van der Waals surface area contributed by atoms with Gasteiger partial charge in [0, 0.05) is 30.1 Å². The highest BCUT2D eigenvalue weighted by Gasteiger charge is 2.35. The number of nitrogens with zero attached hydrogens (tertiary/aromatic N) is 3. The van der Waals surface area contributed by atoms with E-state index >= 15 is 0 Å². The molecule has 2 aromatic carbocycles. The van der Waals surface area contributed by atoms with Gasteiger partial charge >= 0.3 is 0 Å². The molecular formula is C22H22N4O3. The normalized spacial score (nSPS) is 16.3. The molecular weight excluding hydrogens is 368 g/mol. The number of anilines is 1. The lowest BCUT2D eigenvalue weighted by Gasteiger charge is -2.19. The monoisotopic (exact) mass is 390 g/mol. The largest absolute Gasteiger partial charge is 0.343 e. The Bertz CT molecular complexity index is 1050. The molecule has 1 atom stereocenters. The van der Waals surface area contributed by atoms with Gasteiger partial charge in [0.25, 0.3) is 5.91 Å². The number of hydrogen-bond donors (Lipinski definition) is 1. The van der Waals surface area contributed by atoms with Crippen molar-refractivity contribution < 1.29 is 14.1 Å². The molecule has 0 bridgehead atoms. The summed E-state index contributed by atoms with van der Waals surface area (Å²) in [6.07, 6.45) is 0.336. The Hall–Kier alpha value is -3.48. The maximum absolute atomic E-state index is 12.6. The molecule has 2 amide bonds. The first kappa shape index (κ1) is 18.9. The van der Waals surface area contributed by atoms with Crippen molar-refractivity contribution in [2.45, 2.75) is 32.7 Å². The van der Waals surface area contributed by atoms with E-state index in [-0.39, 0.29) is 24.3 Å². The molecule has 7 heteroatoms. The standard InChI is InChI=1S/C22H22N4O3/c1-14-7-6-10-18(15(14)2)26-13-17(11-20(26)27)21-24-19(29-25-21)12-23-22(28)16-8-4-3-5-9-16/h3-10,17H,11-13H2,1-2H3,(H,23,28). The van der Waals surface area contributed by atoms with E-state index in [0.717, 1.165) is 16.8 Å². The van der Waals surface area contributed by atoms with Gasteiger partial charge in [-0.1, -0.05) is 35.5 Å².